The first-order valence-electron chi connectivity index (χ1n) is 4.65. The molecular formula is C12H16O. The van der Waals surface area contributed by atoms with E-state index >= 15 is 0 Å². The van der Waals surface area contributed by atoms with Gasteiger partial charge in [-0.3, -0.25) is 0 Å². The van der Waals surface area contributed by atoms with E-state index in [9.17, 15) is 0 Å². The van der Waals surface area contributed by atoms with Crippen molar-refractivity contribution in [2.75, 3.05) is 6.61 Å². The number of hydrogen-bond donors (Lipinski definition) is 1. The predicted octanol–water partition coefficient (Wildman–Crippen LogP) is 2.82. The molecule has 0 heterocycles. The molecule has 1 aromatic carbocycles. The van der Waals surface area contributed by atoms with Gasteiger partial charge in [-0.2, -0.15) is 0 Å². The van der Waals surface area contributed by atoms with Crippen molar-refractivity contribution in [3.63, 3.8) is 0 Å². The molecule has 1 aromatic rings. The summed E-state index contributed by atoms with van der Waals surface area (Å²) in [7, 11) is 0. The molecule has 0 bridgehead atoms. The molecule has 70 valence electrons. The number of rotatable bonds is 4. The van der Waals surface area contributed by atoms with Crippen LogP contribution in [0.2, 0.25) is 0 Å². The molecule has 0 spiro atoms. The van der Waals surface area contributed by atoms with Gasteiger partial charge in [0.05, 0.1) is 0 Å². The molecule has 1 nitrogen and oxygen atoms in total. The van der Waals surface area contributed by atoms with Crippen LogP contribution in [0.1, 0.15) is 30.4 Å². The minimum absolute atomic E-state index is 0.226. The molecule has 1 heteroatoms. The maximum atomic E-state index is 9.09. The quantitative estimate of drug-likeness (QED) is 0.748. The van der Waals surface area contributed by atoms with E-state index < -0.39 is 0 Å². The largest absolute Gasteiger partial charge is 0.396 e. The van der Waals surface area contributed by atoms with E-state index in [0.29, 0.717) is 0 Å². The lowest BCUT2D eigenvalue weighted by molar-refractivity contribution is 0.262. The Morgan fingerprint density at radius 1 is 1.38 bits per heavy atom. The fraction of sp³-hybridized carbons (Fsp3) is 0.333. The molecule has 0 amide bonds. The van der Waals surface area contributed by atoms with Gasteiger partial charge in [0, 0.05) is 12.5 Å². The van der Waals surface area contributed by atoms with Crippen molar-refractivity contribution in [1.29, 1.82) is 0 Å². The summed E-state index contributed by atoms with van der Waals surface area (Å²) in [6.45, 7) is 6.01. The van der Waals surface area contributed by atoms with Crippen LogP contribution in [-0.2, 0) is 0 Å². The average molecular weight is 176 g/mol. The van der Waals surface area contributed by atoms with E-state index in [2.05, 4.69) is 25.6 Å². The molecule has 0 aliphatic carbocycles. The standard InChI is InChI=1S/C12H16O/c1-3-10-5-7-12(8-6-10)11(4-2)9-13/h3,5-8,11,13H,1,4,9H2,2H3. The normalized spacial score (nSPS) is 12.5. The molecular weight excluding hydrogens is 160 g/mol. The van der Waals surface area contributed by atoms with E-state index in [0.717, 1.165) is 12.0 Å². The highest BCUT2D eigenvalue weighted by atomic mass is 16.3. The van der Waals surface area contributed by atoms with Gasteiger partial charge < -0.3 is 5.11 Å². The van der Waals surface area contributed by atoms with E-state index in [-0.39, 0.29) is 12.5 Å². The van der Waals surface area contributed by atoms with Gasteiger partial charge in [0.15, 0.2) is 0 Å². The molecule has 0 radical (unpaired) electrons. The first kappa shape index (κ1) is 10.0. The van der Waals surface area contributed by atoms with Crippen molar-refractivity contribution in [1.82, 2.24) is 0 Å². The van der Waals surface area contributed by atoms with Crippen LogP contribution in [0.25, 0.3) is 6.08 Å². The van der Waals surface area contributed by atoms with Crippen molar-refractivity contribution >= 4 is 6.08 Å². The topological polar surface area (TPSA) is 20.2 Å². The van der Waals surface area contributed by atoms with Crippen molar-refractivity contribution < 1.29 is 5.11 Å². The molecule has 0 aliphatic heterocycles. The average Bonchev–Trinajstić information content (AvgIpc) is 2.21. The van der Waals surface area contributed by atoms with Crippen LogP contribution >= 0.6 is 0 Å². The molecule has 1 rings (SSSR count). The van der Waals surface area contributed by atoms with Gasteiger partial charge >= 0.3 is 0 Å². The Kier molecular flexibility index (Phi) is 3.71. The molecule has 0 fully saturated rings. The number of benzene rings is 1. The van der Waals surface area contributed by atoms with Gasteiger partial charge in [-0.05, 0) is 17.5 Å². The molecule has 0 saturated carbocycles. The first-order valence-corrected chi connectivity index (χ1v) is 4.65. The molecule has 13 heavy (non-hydrogen) atoms. The summed E-state index contributed by atoms with van der Waals surface area (Å²) in [5, 5.41) is 9.09. The lowest BCUT2D eigenvalue weighted by atomic mass is 9.96. The van der Waals surface area contributed by atoms with Crippen molar-refractivity contribution in [2.45, 2.75) is 19.3 Å². The zero-order valence-electron chi connectivity index (χ0n) is 8.03. The van der Waals surface area contributed by atoms with Gasteiger partial charge in [-0.25, -0.2) is 0 Å². The SMILES string of the molecule is C=Cc1ccc(C(CC)CO)cc1. The summed E-state index contributed by atoms with van der Waals surface area (Å²) in [5.74, 6) is 0.277. The predicted molar refractivity (Wildman–Crippen MR) is 56.7 cm³/mol. The Morgan fingerprint density at radius 3 is 2.38 bits per heavy atom. The molecule has 0 aromatic heterocycles. The summed E-state index contributed by atoms with van der Waals surface area (Å²) in [6, 6.07) is 8.17. The van der Waals surface area contributed by atoms with Crippen molar-refractivity contribution in [2.24, 2.45) is 0 Å². The zero-order chi connectivity index (χ0) is 9.68. The van der Waals surface area contributed by atoms with Crippen LogP contribution in [0.4, 0.5) is 0 Å². The van der Waals surface area contributed by atoms with Crippen molar-refractivity contribution in [3.05, 3.63) is 42.0 Å². The number of aliphatic hydroxyl groups is 1. The van der Waals surface area contributed by atoms with Gasteiger partial charge in [0.25, 0.3) is 0 Å². The highest BCUT2D eigenvalue weighted by molar-refractivity contribution is 5.47. The second-order valence-electron chi connectivity index (χ2n) is 3.16. The van der Waals surface area contributed by atoms with Gasteiger partial charge in [0.2, 0.25) is 0 Å². The summed E-state index contributed by atoms with van der Waals surface area (Å²) in [4.78, 5) is 0. The molecule has 0 aliphatic rings. The highest BCUT2D eigenvalue weighted by Gasteiger charge is 2.06. The van der Waals surface area contributed by atoms with Crippen LogP contribution in [0.15, 0.2) is 30.8 Å². The highest BCUT2D eigenvalue weighted by Crippen LogP contribution is 2.19. The van der Waals surface area contributed by atoms with Crippen LogP contribution < -0.4 is 0 Å². The smallest absolute Gasteiger partial charge is 0.0499 e. The summed E-state index contributed by atoms with van der Waals surface area (Å²) in [5.41, 5.74) is 2.33. The third-order valence-corrected chi connectivity index (χ3v) is 2.36. The van der Waals surface area contributed by atoms with E-state index in [1.807, 2.05) is 18.2 Å². The van der Waals surface area contributed by atoms with E-state index in [1.165, 1.54) is 5.56 Å². The molecule has 0 saturated heterocycles. The summed E-state index contributed by atoms with van der Waals surface area (Å²) in [6.07, 6.45) is 2.80. The van der Waals surface area contributed by atoms with E-state index in [4.69, 9.17) is 5.11 Å². The zero-order valence-corrected chi connectivity index (χ0v) is 8.03. The minimum Gasteiger partial charge on any atom is -0.396 e. The fourth-order valence-corrected chi connectivity index (χ4v) is 1.37. The fourth-order valence-electron chi connectivity index (χ4n) is 1.37. The second-order valence-corrected chi connectivity index (χ2v) is 3.16. The van der Waals surface area contributed by atoms with Gasteiger partial charge in [-0.15, -0.1) is 0 Å². The van der Waals surface area contributed by atoms with Crippen LogP contribution in [0, 0.1) is 0 Å². The molecule has 1 atom stereocenters. The number of hydrogen-bond acceptors (Lipinski definition) is 1. The maximum Gasteiger partial charge on any atom is 0.0499 e. The monoisotopic (exact) mass is 176 g/mol. The Balaban J connectivity index is 2.83. The first-order chi connectivity index (χ1) is 6.31. The van der Waals surface area contributed by atoms with Crippen LogP contribution in [0.5, 0.6) is 0 Å². The lowest BCUT2D eigenvalue weighted by Gasteiger charge is -2.11. The minimum atomic E-state index is 0.226. The maximum absolute atomic E-state index is 9.09. The third-order valence-electron chi connectivity index (χ3n) is 2.36. The van der Waals surface area contributed by atoms with Crippen LogP contribution in [-0.4, -0.2) is 11.7 Å². The molecule has 1 N–H and O–H groups in total. The van der Waals surface area contributed by atoms with Gasteiger partial charge in [-0.1, -0.05) is 43.8 Å². The molecule has 1 unspecified atom stereocenters. The van der Waals surface area contributed by atoms with E-state index in [1.54, 1.807) is 0 Å². The Morgan fingerprint density at radius 2 is 2.00 bits per heavy atom. The van der Waals surface area contributed by atoms with Gasteiger partial charge in [0.1, 0.15) is 0 Å². The summed E-state index contributed by atoms with van der Waals surface area (Å²) < 4.78 is 0. The lowest BCUT2D eigenvalue weighted by Crippen LogP contribution is -2.01. The number of aliphatic hydroxyl groups excluding tert-OH is 1. The Hall–Kier alpha value is -1.08. The Bertz CT molecular complexity index is 257. The Labute approximate surface area is 79.7 Å². The second kappa shape index (κ2) is 4.83. The third kappa shape index (κ3) is 2.43. The summed E-state index contributed by atoms with van der Waals surface area (Å²) >= 11 is 0. The van der Waals surface area contributed by atoms with Crippen molar-refractivity contribution in [3.8, 4) is 0 Å². The van der Waals surface area contributed by atoms with Crippen LogP contribution in [0.3, 0.4) is 0 Å².